The van der Waals surface area contributed by atoms with Gasteiger partial charge in [0, 0.05) is 7.11 Å². The van der Waals surface area contributed by atoms with Crippen LogP contribution in [-0.4, -0.2) is 44.2 Å². The van der Waals surface area contributed by atoms with Crippen LogP contribution in [-0.2, 0) is 23.8 Å². The van der Waals surface area contributed by atoms with Gasteiger partial charge in [-0.2, -0.15) is 0 Å². The predicted octanol–water partition coefficient (Wildman–Crippen LogP) is -0.765. The second kappa shape index (κ2) is 6.56. The summed E-state index contributed by atoms with van der Waals surface area (Å²) in [4.78, 5) is 20.4. The zero-order valence-corrected chi connectivity index (χ0v) is 6.61. The number of carboxylic acid groups (broad SMARTS) is 1. The molecule has 0 atom stereocenters. The molecule has 0 aliphatic heterocycles. The monoisotopic (exact) mass is 178 g/mol. The van der Waals surface area contributed by atoms with Crippen LogP contribution in [0.1, 0.15) is 0 Å². The molecular weight excluding hydrogens is 168 g/mol. The van der Waals surface area contributed by atoms with Crippen molar-refractivity contribution in [3.63, 3.8) is 0 Å². The van der Waals surface area contributed by atoms with Crippen LogP contribution < -0.4 is 0 Å². The minimum atomic E-state index is -1.20. The molecule has 0 fully saturated rings. The highest BCUT2D eigenvalue weighted by Gasteiger charge is 2.04. The van der Waals surface area contributed by atoms with Gasteiger partial charge in [0.15, 0.2) is 6.61 Å². The molecule has 1 N–H and O–H groups in total. The first-order chi connectivity index (χ1) is 5.66. The number of aliphatic carboxylic acids is 1. The predicted molar refractivity (Wildman–Crippen MR) is 36.4 cm³/mol. The zero-order chi connectivity index (χ0) is 9.40. The van der Waals surface area contributed by atoms with Crippen LogP contribution >= 0.6 is 0 Å². The largest absolute Gasteiger partial charge is 0.479 e. The van der Waals surface area contributed by atoms with Gasteiger partial charge in [0.1, 0.15) is 13.4 Å². The van der Waals surface area contributed by atoms with Gasteiger partial charge in [-0.1, -0.05) is 0 Å². The number of esters is 1. The maximum absolute atomic E-state index is 10.6. The van der Waals surface area contributed by atoms with Crippen LogP contribution in [0.4, 0.5) is 0 Å². The van der Waals surface area contributed by atoms with Gasteiger partial charge in [-0.25, -0.2) is 9.59 Å². The number of hydrogen-bond donors (Lipinski definition) is 1. The molecule has 0 aromatic rings. The quantitative estimate of drug-likeness (QED) is 0.327. The average molecular weight is 178 g/mol. The third kappa shape index (κ3) is 6.97. The van der Waals surface area contributed by atoms with Crippen molar-refractivity contribution < 1.29 is 28.9 Å². The highest BCUT2D eigenvalue weighted by molar-refractivity contribution is 5.75. The van der Waals surface area contributed by atoms with Gasteiger partial charge in [-0.05, 0) is 0 Å². The summed E-state index contributed by atoms with van der Waals surface area (Å²) < 4.78 is 13.3. The van der Waals surface area contributed by atoms with Gasteiger partial charge in [0.2, 0.25) is 0 Å². The Kier molecular flexibility index (Phi) is 5.94. The molecule has 0 aromatic heterocycles. The second-order valence-electron chi connectivity index (χ2n) is 1.81. The van der Waals surface area contributed by atoms with E-state index in [1.165, 1.54) is 7.11 Å². The first-order valence-electron chi connectivity index (χ1n) is 3.11. The highest BCUT2D eigenvalue weighted by atomic mass is 16.7. The summed E-state index contributed by atoms with van der Waals surface area (Å²) >= 11 is 0. The van der Waals surface area contributed by atoms with E-state index in [1.54, 1.807) is 0 Å². The average Bonchev–Trinajstić information content (AvgIpc) is 2.01. The van der Waals surface area contributed by atoms with Crippen molar-refractivity contribution in [2.75, 3.05) is 27.1 Å². The van der Waals surface area contributed by atoms with E-state index in [0.29, 0.717) is 0 Å². The fraction of sp³-hybridized carbons (Fsp3) is 0.667. The van der Waals surface area contributed by atoms with Crippen LogP contribution in [0.2, 0.25) is 0 Å². The second-order valence-corrected chi connectivity index (χ2v) is 1.81. The van der Waals surface area contributed by atoms with Crippen molar-refractivity contribution in [3.8, 4) is 0 Å². The van der Waals surface area contributed by atoms with Gasteiger partial charge >= 0.3 is 11.9 Å². The normalized spacial score (nSPS) is 9.42. The zero-order valence-electron chi connectivity index (χ0n) is 6.61. The van der Waals surface area contributed by atoms with E-state index >= 15 is 0 Å². The highest BCUT2D eigenvalue weighted by Crippen LogP contribution is 1.81. The van der Waals surface area contributed by atoms with Crippen molar-refractivity contribution in [2.24, 2.45) is 0 Å². The molecule has 0 aliphatic carbocycles. The summed E-state index contributed by atoms with van der Waals surface area (Å²) in [5.41, 5.74) is 0. The number of ether oxygens (including phenoxy) is 3. The number of carbonyl (C=O) groups excluding carboxylic acids is 1. The Bertz CT molecular complexity index is 154. The molecular formula is C6H10O6. The van der Waals surface area contributed by atoms with Gasteiger partial charge in [0.05, 0.1) is 0 Å². The van der Waals surface area contributed by atoms with E-state index in [4.69, 9.17) is 5.11 Å². The lowest BCUT2D eigenvalue weighted by molar-refractivity contribution is -0.161. The molecule has 0 heterocycles. The number of carbonyl (C=O) groups is 2. The first kappa shape index (κ1) is 10.9. The molecule has 0 amide bonds. The van der Waals surface area contributed by atoms with Gasteiger partial charge < -0.3 is 19.3 Å². The lowest BCUT2D eigenvalue weighted by Gasteiger charge is -2.01. The SMILES string of the molecule is COCOCC(=O)OCC(=O)O. The van der Waals surface area contributed by atoms with Crippen molar-refractivity contribution in [1.29, 1.82) is 0 Å². The van der Waals surface area contributed by atoms with Gasteiger partial charge in [0.25, 0.3) is 0 Å². The van der Waals surface area contributed by atoms with Crippen LogP contribution in [0.15, 0.2) is 0 Å². The third-order valence-corrected chi connectivity index (χ3v) is 0.778. The van der Waals surface area contributed by atoms with E-state index in [9.17, 15) is 9.59 Å². The fourth-order valence-electron chi connectivity index (χ4n) is 0.392. The van der Waals surface area contributed by atoms with Crippen LogP contribution in [0.25, 0.3) is 0 Å². The summed E-state index contributed by atoms with van der Waals surface area (Å²) in [6, 6.07) is 0. The lowest BCUT2D eigenvalue weighted by Crippen LogP contribution is -2.18. The van der Waals surface area contributed by atoms with Crippen molar-refractivity contribution in [2.45, 2.75) is 0 Å². The Morgan fingerprint density at radius 1 is 1.33 bits per heavy atom. The number of methoxy groups -OCH3 is 1. The topological polar surface area (TPSA) is 82.1 Å². The van der Waals surface area contributed by atoms with Crippen molar-refractivity contribution in [3.05, 3.63) is 0 Å². The summed E-state index contributed by atoms with van der Waals surface area (Å²) in [5, 5.41) is 8.09. The Labute approximate surface area is 69.0 Å². The molecule has 0 rings (SSSR count). The minimum Gasteiger partial charge on any atom is -0.479 e. The van der Waals surface area contributed by atoms with Crippen LogP contribution in [0, 0.1) is 0 Å². The minimum absolute atomic E-state index is 0.0256. The van der Waals surface area contributed by atoms with E-state index in [2.05, 4.69) is 14.2 Å². The van der Waals surface area contributed by atoms with E-state index in [0.717, 1.165) is 0 Å². The Balaban J connectivity index is 3.28. The molecule has 0 unspecified atom stereocenters. The standard InChI is InChI=1S/C6H10O6/c1-10-4-11-3-6(9)12-2-5(7)8/h2-4H2,1H3,(H,7,8). The van der Waals surface area contributed by atoms with Crippen LogP contribution in [0.5, 0.6) is 0 Å². The number of hydrogen-bond acceptors (Lipinski definition) is 5. The van der Waals surface area contributed by atoms with E-state index in [1.807, 2.05) is 0 Å². The first-order valence-corrected chi connectivity index (χ1v) is 3.11. The van der Waals surface area contributed by atoms with E-state index < -0.39 is 18.5 Å². The van der Waals surface area contributed by atoms with E-state index in [-0.39, 0.29) is 13.4 Å². The lowest BCUT2D eigenvalue weighted by atomic mass is 10.7. The Morgan fingerprint density at radius 3 is 2.50 bits per heavy atom. The summed E-state index contributed by atoms with van der Waals surface area (Å²) in [5.74, 6) is -1.93. The maximum atomic E-state index is 10.6. The van der Waals surface area contributed by atoms with Crippen molar-refractivity contribution in [1.82, 2.24) is 0 Å². The maximum Gasteiger partial charge on any atom is 0.341 e. The molecule has 0 saturated carbocycles. The van der Waals surface area contributed by atoms with Crippen molar-refractivity contribution >= 4 is 11.9 Å². The molecule has 12 heavy (non-hydrogen) atoms. The molecule has 70 valence electrons. The molecule has 0 bridgehead atoms. The molecule has 6 heteroatoms. The summed E-state index contributed by atoms with van der Waals surface area (Å²) in [7, 11) is 1.41. The molecule has 0 radical (unpaired) electrons. The molecule has 0 aliphatic rings. The fourth-order valence-corrected chi connectivity index (χ4v) is 0.392. The number of rotatable bonds is 6. The molecule has 0 saturated heterocycles. The smallest absolute Gasteiger partial charge is 0.341 e. The number of carboxylic acids is 1. The van der Waals surface area contributed by atoms with Gasteiger partial charge in [-0.15, -0.1) is 0 Å². The van der Waals surface area contributed by atoms with Gasteiger partial charge in [-0.3, -0.25) is 0 Å². The van der Waals surface area contributed by atoms with Crippen LogP contribution in [0.3, 0.4) is 0 Å². The molecule has 0 spiro atoms. The summed E-state index contributed by atoms with van der Waals surface area (Å²) in [6.07, 6.45) is 0. The Hall–Kier alpha value is -1.14. The molecule has 6 nitrogen and oxygen atoms in total. The molecule has 0 aromatic carbocycles. The third-order valence-electron chi connectivity index (χ3n) is 0.778. The Morgan fingerprint density at radius 2 is 2.00 bits per heavy atom. The summed E-state index contributed by atoms with van der Waals surface area (Å²) in [6.45, 7) is -0.974.